The average molecular weight is 365 g/mol. The van der Waals surface area contributed by atoms with Gasteiger partial charge in [0.25, 0.3) is 0 Å². The van der Waals surface area contributed by atoms with Crippen molar-refractivity contribution >= 4 is 23.5 Å². The lowest BCUT2D eigenvalue weighted by Crippen LogP contribution is -2.12. The first-order chi connectivity index (χ1) is 12.7. The normalized spacial score (nSPS) is 16.5. The van der Waals surface area contributed by atoms with Gasteiger partial charge in [0.15, 0.2) is 5.82 Å². The van der Waals surface area contributed by atoms with E-state index < -0.39 is 0 Å². The Bertz CT molecular complexity index is 907. The molecule has 1 amide bonds. The molecule has 1 atom stereocenters. The van der Waals surface area contributed by atoms with E-state index >= 15 is 0 Å². The molecule has 132 valence electrons. The number of H-pyrrole nitrogens is 1. The average Bonchev–Trinajstić information content (AvgIpc) is 2.93. The SMILES string of the molecule is Cc1[nH]nc2c1C(c1ccc(OCc3ccccc3)cc1)SCC(=O)N2. The number of aromatic amines is 1. The van der Waals surface area contributed by atoms with E-state index in [0.717, 1.165) is 28.1 Å². The summed E-state index contributed by atoms with van der Waals surface area (Å²) < 4.78 is 5.86. The zero-order valence-corrected chi connectivity index (χ0v) is 15.2. The third-order valence-corrected chi connectivity index (χ3v) is 5.60. The zero-order chi connectivity index (χ0) is 17.9. The second-order valence-electron chi connectivity index (χ2n) is 6.19. The van der Waals surface area contributed by atoms with Crippen molar-refractivity contribution in [2.24, 2.45) is 0 Å². The first kappa shape index (κ1) is 16.7. The van der Waals surface area contributed by atoms with Gasteiger partial charge in [0.2, 0.25) is 5.91 Å². The van der Waals surface area contributed by atoms with Gasteiger partial charge in [0.1, 0.15) is 12.4 Å². The van der Waals surface area contributed by atoms with Gasteiger partial charge in [-0.3, -0.25) is 9.89 Å². The van der Waals surface area contributed by atoms with Gasteiger partial charge in [0, 0.05) is 11.3 Å². The molecule has 1 aliphatic heterocycles. The summed E-state index contributed by atoms with van der Waals surface area (Å²) in [7, 11) is 0. The van der Waals surface area contributed by atoms with Crippen LogP contribution in [-0.4, -0.2) is 21.9 Å². The number of carbonyl (C=O) groups excluding carboxylic acids is 1. The number of anilines is 1. The predicted octanol–water partition coefficient (Wildman–Crippen LogP) is 4.07. The highest BCUT2D eigenvalue weighted by molar-refractivity contribution is 8.00. The van der Waals surface area contributed by atoms with Crippen LogP contribution in [0.5, 0.6) is 5.75 Å². The van der Waals surface area contributed by atoms with Crippen LogP contribution in [-0.2, 0) is 11.4 Å². The Labute approximate surface area is 156 Å². The number of benzene rings is 2. The van der Waals surface area contributed by atoms with Gasteiger partial charge in [-0.15, -0.1) is 11.8 Å². The number of fused-ring (bicyclic) bond motifs is 1. The summed E-state index contributed by atoms with van der Waals surface area (Å²) in [6.07, 6.45) is 0. The van der Waals surface area contributed by atoms with Gasteiger partial charge in [-0.1, -0.05) is 42.5 Å². The highest BCUT2D eigenvalue weighted by Gasteiger charge is 2.28. The number of nitrogens with one attached hydrogen (secondary N) is 2. The maximum atomic E-state index is 11.9. The van der Waals surface area contributed by atoms with E-state index in [1.807, 2.05) is 49.4 Å². The van der Waals surface area contributed by atoms with E-state index in [9.17, 15) is 4.79 Å². The molecular formula is C20H19N3O2S. The Hall–Kier alpha value is -2.73. The maximum absolute atomic E-state index is 11.9. The molecule has 2 aromatic carbocycles. The molecule has 5 nitrogen and oxygen atoms in total. The predicted molar refractivity (Wildman–Crippen MR) is 103 cm³/mol. The van der Waals surface area contributed by atoms with E-state index in [4.69, 9.17) is 4.74 Å². The highest BCUT2D eigenvalue weighted by Crippen LogP contribution is 2.42. The summed E-state index contributed by atoms with van der Waals surface area (Å²) in [4.78, 5) is 11.9. The number of aromatic nitrogens is 2. The lowest BCUT2D eigenvalue weighted by Gasteiger charge is -2.16. The fourth-order valence-corrected chi connectivity index (χ4v) is 4.20. The van der Waals surface area contributed by atoms with Crippen LogP contribution >= 0.6 is 11.8 Å². The molecule has 26 heavy (non-hydrogen) atoms. The van der Waals surface area contributed by atoms with Crippen molar-refractivity contribution in [3.63, 3.8) is 0 Å². The third-order valence-electron chi connectivity index (χ3n) is 4.33. The lowest BCUT2D eigenvalue weighted by atomic mass is 10.0. The van der Waals surface area contributed by atoms with Crippen LogP contribution in [0.4, 0.5) is 5.82 Å². The summed E-state index contributed by atoms with van der Waals surface area (Å²) in [5.41, 5.74) is 4.28. The molecule has 2 heterocycles. The Kier molecular flexibility index (Phi) is 4.67. The van der Waals surface area contributed by atoms with Crippen molar-refractivity contribution in [2.45, 2.75) is 18.8 Å². The molecular weight excluding hydrogens is 346 g/mol. The van der Waals surface area contributed by atoms with Crippen LogP contribution in [0.25, 0.3) is 0 Å². The number of hydrogen-bond acceptors (Lipinski definition) is 4. The van der Waals surface area contributed by atoms with Crippen molar-refractivity contribution in [1.29, 1.82) is 0 Å². The summed E-state index contributed by atoms with van der Waals surface area (Å²) in [5, 5.41) is 10.1. The van der Waals surface area contributed by atoms with Gasteiger partial charge >= 0.3 is 0 Å². The second-order valence-corrected chi connectivity index (χ2v) is 7.29. The molecule has 0 bridgehead atoms. The zero-order valence-electron chi connectivity index (χ0n) is 14.4. The third kappa shape index (κ3) is 3.46. The number of amides is 1. The molecule has 0 saturated carbocycles. The number of rotatable bonds is 4. The van der Waals surface area contributed by atoms with E-state index in [0.29, 0.717) is 18.2 Å². The smallest absolute Gasteiger partial charge is 0.235 e. The van der Waals surface area contributed by atoms with Gasteiger partial charge in [-0.25, -0.2) is 0 Å². The van der Waals surface area contributed by atoms with Crippen LogP contribution in [0.1, 0.15) is 27.6 Å². The Balaban J connectivity index is 1.53. The van der Waals surface area contributed by atoms with Crippen LogP contribution in [0.15, 0.2) is 54.6 Å². The van der Waals surface area contributed by atoms with Crippen molar-refractivity contribution in [3.8, 4) is 5.75 Å². The molecule has 1 aliphatic rings. The first-order valence-electron chi connectivity index (χ1n) is 8.44. The van der Waals surface area contributed by atoms with Gasteiger partial charge < -0.3 is 10.1 Å². The number of thioether (sulfide) groups is 1. The molecule has 4 rings (SSSR count). The Morgan fingerprint density at radius 2 is 1.92 bits per heavy atom. The summed E-state index contributed by atoms with van der Waals surface area (Å²) >= 11 is 1.61. The number of carbonyl (C=O) groups is 1. The van der Waals surface area contributed by atoms with E-state index in [2.05, 4.69) is 27.6 Å². The van der Waals surface area contributed by atoms with E-state index in [1.165, 1.54) is 0 Å². The number of ether oxygens (including phenoxy) is 1. The van der Waals surface area contributed by atoms with Crippen molar-refractivity contribution in [2.75, 3.05) is 11.1 Å². The summed E-state index contributed by atoms with van der Waals surface area (Å²) in [6.45, 7) is 2.52. The second kappa shape index (κ2) is 7.25. The minimum absolute atomic E-state index is 0.0203. The highest BCUT2D eigenvalue weighted by atomic mass is 32.2. The van der Waals surface area contributed by atoms with Crippen molar-refractivity contribution < 1.29 is 9.53 Å². The molecule has 1 unspecified atom stereocenters. The number of hydrogen-bond donors (Lipinski definition) is 2. The van der Waals surface area contributed by atoms with Crippen LogP contribution in [0.3, 0.4) is 0 Å². The summed E-state index contributed by atoms with van der Waals surface area (Å²) in [6, 6.07) is 18.2. The van der Waals surface area contributed by atoms with Crippen LogP contribution < -0.4 is 10.1 Å². The van der Waals surface area contributed by atoms with E-state index in [-0.39, 0.29) is 11.2 Å². The topological polar surface area (TPSA) is 67.0 Å². The first-order valence-corrected chi connectivity index (χ1v) is 9.48. The largest absolute Gasteiger partial charge is 0.489 e. The van der Waals surface area contributed by atoms with Gasteiger partial charge in [0.05, 0.1) is 11.0 Å². The number of nitrogens with zero attached hydrogens (tertiary/aromatic N) is 1. The standard InChI is InChI=1S/C20H19N3O2S/c1-13-18-19(26-12-17(24)21-20(18)23-22-13)15-7-9-16(10-8-15)25-11-14-5-3-2-4-6-14/h2-10,19H,11-12H2,1H3,(H2,21,22,23,24). The molecule has 0 aliphatic carbocycles. The van der Waals surface area contributed by atoms with Crippen LogP contribution in [0, 0.1) is 6.92 Å². The fraction of sp³-hybridized carbons (Fsp3) is 0.200. The van der Waals surface area contributed by atoms with Gasteiger partial charge in [-0.2, -0.15) is 5.10 Å². The molecule has 0 radical (unpaired) electrons. The molecule has 1 aromatic heterocycles. The maximum Gasteiger partial charge on any atom is 0.235 e. The monoisotopic (exact) mass is 365 g/mol. The molecule has 2 N–H and O–H groups in total. The molecule has 0 fully saturated rings. The minimum Gasteiger partial charge on any atom is -0.489 e. The van der Waals surface area contributed by atoms with Crippen molar-refractivity contribution in [3.05, 3.63) is 77.0 Å². The van der Waals surface area contributed by atoms with Crippen LogP contribution in [0.2, 0.25) is 0 Å². The summed E-state index contributed by atoms with van der Waals surface area (Å²) in [5.74, 6) is 1.85. The minimum atomic E-state index is -0.0203. The number of aryl methyl sites for hydroxylation is 1. The van der Waals surface area contributed by atoms with Crippen molar-refractivity contribution in [1.82, 2.24) is 10.2 Å². The molecule has 0 saturated heterocycles. The Morgan fingerprint density at radius 3 is 2.69 bits per heavy atom. The lowest BCUT2D eigenvalue weighted by molar-refractivity contribution is -0.113. The molecule has 0 spiro atoms. The fourth-order valence-electron chi connectivity index (χ4n) is 3.01. The Morgan fingerprint density at radius 1 is 1.15 bits per heavy atom. The van der Waals surface area contributed by atoms with Gasteiger partial charge in [-0.05, 0) is 30.2 Å². The molecule has 3 aromatic rings. The molecule has 6 heteroatoms. The van der Waals surface area contributed by atoms with E-state index in [1.54, 1.807) is 11.8 Å². The quantitative estimate of drug-likeness (QED) is 0.731.